The second kappa shape index (κ2) is 12.4. The summed E-state index contributed by atoms with van der Waals surface area (Å²) >= 11 is 0. The van der Waals surface area contributed by atoms with E-state index >= 15 is 0 Å². The highest BCUT2D eigenvalue weighted by Crippen LogP contribution is 2.50. The number of fused-ring (bicyclic) bond motifs is 1. The standard InChI is InChI=1S/C29H42F2O3/c1-2-3-4-6-20-9-11-21(12-10-20)22-13-18-26-23(19-22)7-5-8-27(26)28(32)33-24-14-16-25(17-15-24)34-29(30)31/h14-17,20-23,26-27,29H,2-13,18-19H2,1H3. The summed E-state index contributed by atoms with van der Waals surface area (Å²) in [4.78, 5) is 13.0. The highest BCUT2D eigenvalue weighted by atomic mass is 19.3. The van der Waals surface area contributed by atoms with Gasteiger partial charge in [-0.3, -0.25) is 4.79 Å². The third kappa shape index (κ3) is 6.73. The van der Waals surface area contributed by atoms with Crippen molar-refractivity contribution in [1.29, 1.82) is 0 Å². The molecule has 0 saturated heterocycles. The Kier molecular flexibility index (Phi) is 9.24. The molecule has 0 heterocycles. The van der Waals surface area contributed by atoms with Gasteiger partial charge < -0.3 is 9.47 Å². The number of halogens is 2. The van der Waals surface area contributed by atoms with Crippen molar-refractivity contribution in [3.8, 4) is 11.5 Å². The van der Waals surface area contributed by atoms with E-state index in [0.29, 0.717) is 17.6 Å². The summed E-state index contributed by atoms with van der Waals surface area (Å²) in [5.74, 6) is 4.07. The Morgan fingerprint density at radius 1 is 0.882 bits per heavy atom. The normalized spacial score (nSPS) is 31.6. The van der Waals surface area contributed by atoms with Crippen LogP contribution in [0.3, 0.4) is 0 Å². The average molecular weight is 477 g/mol. The number of hydrogen-bond donors (Lipinski definition) is 0. The molecule has 0 spiro atoms. The Balaban J connectivity index is 1.26. The quantitative estimate of drug-likeness (QED) is 0.204. The number of alkyl halides is 2. The fourth-order valence-electron chi connectivity index (χ4n) is 7.23. The fourth-order valence-corrected chi connectivity index (χ4v) is 7.23. The van der Waals surface area contributed by atoms with Crippen LogP contribution in [0.2, 0.25) is 0 Å². The molecule has 3 aliphatic rings. The molecule has 34 heavy (non-hydrogen) atoms. The molecule has 0 N–H and O–H groups in total. The van der Waals surface area contributed by atoms with Crippen molar-refractivity contribution in [2.75, 3.05) is 0 Å². The Labute approximate surface area is 204 Å². The topological polar surface area (TPSA) is 35.5 Å². The molecule has 0 aromatic heterocycles. The van der Waals surface area contributed by atoms with E-state index in [1.54, 1.807) is 0 Å². The summed E-state index contributed by atoms with van der Waals surface area (Å²) in [5.41, 5.74) is 0. The first kappa shape index (κ1) is 25.4. The molecular weight excluding hydrogens is 434 g/mol. The lowest BCUT2D eigenvalue weighted by Crippen LogP contribution is -2.40. The van der Waals surface area contributed by atoms with Crippen molar-refractivity contribution >= 4 is 5.97 Å². The number of benzene rings is 1. The van der Waals surface area contributed by atoms with Gasteiger partial charge in [0, 0.05) is 0 Å². The van der Waals surface area contributed by atoms with E-state index in [0.717, 1.165) is 37.0 Å². The molecule has 0 radical (unpaired) electrons. The molecule has 0 aliphatic heterocycles. The molecule has 4 atom stereocenters. The monoisotopic (exact) mass is 476 g/mol. The highest BCUT2D eigenvalue weighted by Gasteiger charge is 2.43. The number of carbonyl (C=O) groups excluding carboxylic acids is 1. The van der Waals surface area contributed by atoms with Gasteiger partial charge in [0.1, 0.15) is 11.5 Å². The van der Waals surface area contributed by atoms with Crippen LogP contribution in [0.1, 0.15) is 96.8 Å². The summed E-state index contributed by atoms with van der Waals surface area (Å²) in [5, 5.41) is 0. The number of ether oxygens (including phenoxy) is 2. The highest BCUT2D eigenvalue weighted by molar-refractivity contribution is 5.75. The van der Waals surface area contributed by atoms with Crippen LogP contribution in [0, 0.1) is 35.5 Å². The first-order chi connectivity index (χ1) is 16.5. The Bertz CT molecular complexity index is 757. The van der Waals surface area contributed by atoms with Crippen LogP contribution in [0.5, 0.6) is 11.5 Å². The minimum Gasteiger partial charge on any atom is -0.435 e. The molecule has 4 unspecified atom stereocenters. The van der Waals surface area contributed by atoms with E-state index in [1.807, 2.05) is 0 Å². The first-order valence-corrected chi connectivity index (χ1v) is 13.8. The fraction of sp³-hybridized carbons (Fsp3) is 0.759. The van der Waals surface area contributed by atoms with Crippen LogP contribution in [0.15, 0.2) is 24.3 Å². The number of unbranched alkanes of at least 4 members (excludes halogenated alkanes) is 2. The van der Waals surface area contributed by atoms with Crippen LogP contribution in [0.4, 0.5) is 8.78 Å². The number of rotatable bonds is 9. The zero-order valence-electron chi connectivity index (χ0n) is 20.7. The van der Waals surface area contributed by atoms with Crippen molar-refractivity contribution in [2.24, 2.45) is 35.5 Å². The zero-order chi connectivity index (χ0) is 23.9. The number of esters is 1. The molecule has 0 amide bonds. The molecule has 4 rings (SSSR count). The second-order valence-electron chi connectivity index (χ2n) is 11.1. The minimum atomic E-state index is -2.86. The maximum absolute atomic E-state index is 13.0. The SMILES string of the molecule is CCCCCC1CCC(C2CCC3C(CCCC3C(=O)Oc3ccc(OC(F)F)cc3)C2)CC1. The predicted octanol–water partition coefficient (Wildman–Crippen LogP) is 8.41. The first-order valence-electron chi connectivity index (χ1n) is 13.8. The van der Waals surface area contributed by atoms with Gasteiger partial charge >= 0.3 is 12.6 Å². The van der Waals surface area contributed by atoms with Crippen molar-refractivity contribution in [2.45, 2.75) is 103 Å². The molecule has 3 fully saturated rings. The van der Waals surface area contributed by atoms with E-state index < -0.39 is 6.61 Å². The van der Waals surface area contributed by atoms with Gasteiger partial charge in [0.2, 0.25) is 0 Å². The second-order valence-corrected chi connectivity index (χ2v) is 11.1. The number of carbonyl (C=O) groups is 1. The van der Waals surface area contributed by atoms with Gasteiger partial charge in [0.15, 0.2) is 0 Å². The van der Waals surface area contributed by atoms with Crippen molar-refractivity contribution < 1.29 is 23.0 Å². The molecule has 190 valence electrons. The van der Waals surface area contributed by atoms with Gasteiger partial charge in [-0.15, -0.1) is 0 Å². The van der Waals surface area contributed by atoms with Gasteiger partial charge in [-0.2, -0.15) is 8.78 Å². The molecule has 1 aromatic rings. The summed E-state index contributed by atoms with van der Waals surface area (Å²) in [7, 11) is 0. The molecular formula is C29H42F2O3. The summed E-state index contributed by atoms with van der Waals surface area (Å²) in [6.07, 6.45) is 18.2. The van der Waals surface area contributed by atoms with Gasteiger partial charge in [-0.1, -0.05) is 58.3 Å². The van der Waals surface area contributed by atoms with Gasteiger partial charge in [-0.05, 0) is 92.4 Å². The summed E-state index contributed by atoms with van der Waals surface area (Å²) < 4.78 is 34.7. The van der Waals surface area contributed by atoms with E-state index in [9.17, 15) is 13.6 Å². The summed E-state index contributed by atoms with van der Waals surface area (Å²) in [6.45, 7) is -0.572. The van der Waals surface area contributed by atoms with Crippen molar-refractivity contribution in [3.05, 3.63) is 24.3 Å². The lowest BCUT2D eigenvalue weighted by atomic mass is 9.59. The van der Waals surface area contributed by atoms with E-state index in [4.69, 9.17) is 4.74 Å². The van der Waals surface area contributed by atoms with Crippen molar-refractivity contribution in [1.82, 2.24) is 0 Å². The average Bonchev–Trinajstić information content (AvgIpc) is 2.85. The van der Waals surface area contributed by atoms with Gasteiger partial charge in [-0.25, -0.2) is 0 Å². The molecule has 3 nitrogen and oxygen atoms in total. The minimum absolute atomic E-state index is 0.0361. The third-order valence-electron chi connectivity index (χ3n) is 9.03. The van der Waals surface area contributed by atoms with Gasteiger partial charge in [0.05, 0.1) is 5.92 Å². The predicted molar refractivity (Wildman–Crippen MR) is 130 cm³/mol. The molecule has 1 aromatic carbocycles. The van der Waals surface area contributed by atoms with Crippen LogP contribution < -0.4 is 9.47 Å². The summed E-state index contributed by atoms with van der Waals surface area (Å²) in [6, 6.07) is 5.90. The molecule has 3 saturated carbocycles. The largest absolute Gasteiger partial charge is 0.435 e. The van der Waals surface area contributed by atoms with E-state index in [-0.39, 0.29) is 17.6 Å². The molecule has 5 heteroatoms. The van der Waals surface area contributed by atoms with Crippen molar-refractivity contribution in [3.63, 3.8) is 0 Å². The number of hydrogen-bond acceptors (Lipinski definition) is 3. The molecule has 3 aliphatic carbocycles. The van der Waals surface area contributed by atoms with Crippen LogP contribution in [-0.2, 0) is 4.79 Å². The van der Waals surface area contributed by atoms with E-state index in [2.05, 4.69) is 11.7 Å². The van der Waals surface area contributed by atoms with Crippen LogP contribution in [-0.4, -0.2) is 12.6 Å². The lowest BCUT2D eigenvalue weighted by Gasteiger charge is -2.46. The zero-order valence-corrected chi connectivity index (χ0v) is 20.7. The lowest BCUT2D eigenvalue weighted by molar-refractivity contribution is -0.144. The smallest absolute Gasteiger partial charge is 0.387 e. The van der Waals surface area contributed by atoms with E-state index in [1.165, 1.54) is 94.9 Å². The van der Waals surface area contributed by atoms with Crippen LogP contribution >= 0.6 is 0 Å². The maximum Gasteiger partial charge on any atom is 0.387 e. The molecule has 0 bridgehead atoms. The maximum atomic E-state index is 13.0. The van der Waals surface area contributed by atoms with Crippen LogP contribution in [0.25, 0.3) is 0 Å². The Morgan fingerprint density at radius 2 is 1.59 bits per heavy atom. The third-order valence-corrected chi connectivity index (χ3v) is 9.03. The van der Waals surface area contributed by atoms with Gasteiger partial charge in [0.25, 0.3) is 0 Å². The Hall–Kier alpha value is -1.65. The Morgan fingerprint density at radius 3 is 2.29 bits per heavy atom.